The van der Waals surface area contributed by atoms with Gasteiger partial charge >= 0.3 is 0 Å². The molecule has 5 nitrogen and oxygen atoms in total. The predicted octanol–water partition coefficient (Wildman–Crippen LogP) is 6.60. The van der Waals surface area contributed by atoms with Crippen molar-refractivity contribution in [2.24, 2.45) is 0 Å². The molecule has 0 aliphatic carbocycles. The Morgan fingerprint density at radius 3 is 2.42 bits per heavy atom. The molecule has 0 N–H and O–H groups in total. The molecule has 0 unspecified atom stereocenters. The first-order valence-corrected chi connectivity index (χ1v) is 12.2. The van der Waals surface area contributed by atoms with E-state index in [0.717, 1.165) is 42.1 Å². The van der Waals surface area contributed by atoms with Crippen molar-refractivity contribution in [1.29, 1.82) is 0 Å². The summed E-state index contributed by atoms with van der Waals surface area (Å²) in [6.45, 7) is 4.49. The first-order valence-electron chi connectivity index (χ1n) is 12.2. The van der Waals surface area contributed by atoms with Gasteiger partial charge in [0.25, 0.3) is 11.7 Å². The smallest absolute Gasteiger partial charge is 0.294 e. The average molecular weight is 463 g/mol. The number of aromatic nitrogens is 2. The van der Waals surface area contributed by atoms with Crippen molar-refractivity contribution < 1.29 is 23.0 Å². The third-order valence-electron chi connectivity index (χ3n) is 5.76. The van der Waals surface area contributed by atoms with E-state index in [1.165, 1.54) is 19.3 Å². The number of alkyl halides is 2. The van der Waals surface area contributed by atoms with Gasteiger partial charge in [0, 0.05) is 30.5 Å². The lowest BCUT2D eigenvalue weighted by Gasteiger charge is -2.09. The number of aryl methyl sites for hydroxylation is 1. The van der Waals surface area contributed by atoms with Crippen molar-refractivity contribution in [3.8, 4) is 17.1 Å². The number of rotatable bonds is 16. The maximum absolute atomic E-state index is 14.0. The highest BCUT2D eigenvalue weighted by Crippen LogP contribution is 2.53. The third-order valence-corrected chi connectivity index (χ3v) is 5.76. The van der Waals surface area contributed by atoms with E-state index in [2.05, 4.69) is 16.6 Å². The fourth-order valence-electron chi connectivity index (χ4n) is 3.73. The quantitative estimate of drug-likeness (QED) is 0.208. The highest BCUT2D eigenvalue weighted by atomic mass is 19.2. The molecule has 0 spiro atoms. The maximum atomic E-state index is 14.0. The molecule has 33 heavy (non-hydrogen) atoms. The second-order valence-electron chi connectivity index (χ2n) is 8.62. The molecule has 1 aromatic heterocycles. The first kappa shape index (κ1) is 25.5. The van der Waals surface area contributed by atoms with Gasteiger partial charge in [0.1, 0.15) is 12.4 Å². The number of benzene rings is 1. The van der Waals surface area contributed by atoms with Crippen molar-refractivity contribution in [1.82, 2.24) is 9.97 Å². The molecule has 0 radical (unpaired) electrons. The van der Waals surface area contributed by atoms with Crippen molar-refractivity contribution in [3.63, 3.8) is 0 Å². The van der Waals surface area contributed by atoms with Gasteiger partial charge in [-0.15, -0.1) is 0 Å². The average Bonchev–Trinajstić information content (AvgIpc) is 3.36. The van der Waals surface area contributed by atoms with E-state index in [-0.39, 0.29) is 13.0 Å². The highest BCUT2D eigenvalue weighted by Gasteiger charge is 2.73. The number of epoxide rings is 1. The van der Waals surface area contributed by atoms with Crippen LogP contribution in [0, 0.1) is 0 Å². The van der Waals surface area contributed by atoms with Gasteiger partial charge < -0.3 is 9.47 Å². The van der Waals surface area contributed by atoms with Crippen molar-refractivity contribution in [2.45, 2.75) is 83.3 Å². The Morgan fingerprint density at radius 2 is 1.67 bits per heavy atom. The van der Waals surface area contributed by atoms with Crippen LogP contribution in [0.15, 0.2) is 36.5 Å². The monoisotopic (exact) mass is 462 g/mol. The molecule has 2 aromatic rings. The molecule has 1 saturated heterocycles. The van der Waals surface area contributed by atoms with Gasteiger partial charge in [0.05, 0.1) is 6.61 Å². The van der Waals surface area contributed by atoms with E-state index >= 15 is 0 Å². The van der Waals surface area contributed by atoms with Crippen LogP contribution >= 0.6 is 0 Å². The molecule has 182 valence electrons. The van der Waals surface area contributed by atoms with Gasteiger partial charge in [0.2, 0.25) is 0 Å². The molecule has 2 heterocycles. The largest absolute Gasteiger partial charge is 0.494 e. The molecule has 3 rings (SSSR count). The molecular weight excluding hydrogens is 426 g/mol. The number of nitrogens with zero attached hydrogens (tertiary/aromatic N) is 2. The molecule has 1 aliphatic heterocycles. The minimum Gasteiger partial charge on any atom is -0.494 e. The highest BCUT2D eigenvalue weighted by molar-refractivity contribution is 5.56. The van der Waals surface area contributed by atoms with Gasteiger partial charge in [-0.05, 0) is 56.0 Å². The minimum atomic E-state index is -2.28. The van der Waals surface area contributed by atoms with Crippen LogP contribution in [0.3, 0.4) is 0 Å². The molecule has 0 amide bonds. The summed E-state index contributed by atoms with van der Waals surface area (Å²) < 4.78 is 43.6. The van der Waals surface area contributed by atoms with Crippen LogP contribution in [0.5, 0.6) is 5.75 Å². The van der Waals surface area contributed by atoms with Crippen LogP contribution in [0.4, 0.5) is 8.78 Å². The summed E-state index contributed by atoms with van der Waals surface area (Å²) >= 11 is 0. The summed E-state index contributed by atoms with van der Waals surface area (Å²) in [4.78, 5) is 9.09. The second-order valence-corrected chi connectivity index (χ2v) is 8.62. The fraction of sp³-hybridized carbons (Fsp3) is 0.615. The molecule has 0 saturated carbocycles. The van der Waals surface area contributed by atoms with E-state index in [1.807, 2.05) is 36.5 Å². The van der Waals surface area contributed by atoms with E-state index in [4.69, 9.17) is 14.5 Å². The van der Waals surface area contributed by atoms with Gasteiger partial charge in [-0.25, -0.2) is 18.7 Å². The lowest BCUT2D eigenvalue weighted by Crippen LogP contribution is -2.23. The Bertz CT molecular complexity index is 852. The van der Waals surface area contributed by atoms with Crippen LogP contribution < -0.4 is 4.74 Å². The summed E-state index contributed by atoms with van der Waals surface area (Å²) in [5, 5.41) is 0. The maximum Gasteiger partial charge on any atom is 0.294 e. The molecule has 1 aliphatic rings. The number of hydrogen-bond donors (Lipinski definition) is 0. The molecule has 2 atom stereocenters. The van der Waals surface area contributed by atoms with Crippen LogP contribution in [0.25, 0.3) is 11.4 Å². The van der Waals surface area contributed by atoms with Crippen LogP contribution in [0.1, 0.15) is 70.9 Å². The van der Waals surface area contributed by atoms with E-state index < -0.39 is 11.7 Å². The first-order chi connectivity index (χ1) is 16.0. The number of halogens is 2. The normalized spacial score (nSPS) is 21.8. The molecule has 1 aromatic carbocycles. The fourth-order valence-corrected chi connectivity index (χ4v) is 3.73. The summed E-state index contributed by atoms with van der Waals surface area (Å²) in [7, 11) is 0. The lowest BCUT2D eigenvalue weighted by molar-refractivity contribution is 0.0102. The van der Waals surface area contributed by atoms with Crippen LogP contribution in [-0.4, -0.2) is 41.5 Å². The molecule has 1 fully saturated rings. The standard InChI is InChI=1S/C26H36F2N2O3/c1-3-5-6-7-10-22-15-17-29-24(30-22)21-11-13-23(14-12-21)32-19-9-8-18-31-20-26(28)25(27,33-26)16-4-2/h11-15,17H,3-10,16,18-20H2,1-2H3/t25-,26-/m0/s1. The zero-order chi connectivity index (χ0) is 23.6. The Labute approximate surface area is 195 Å². The zero-order valence-electron chi connectivity index (χ0n) is 19.8. The second kappa shape index (κ2) is 12.4. The van der Waals surface area contributed by atoms with Crippen molar-refractivity contribution in [3.05, 3.63) is 42.2 Å². The summed E-state index contributed by atoms with van der Waals surface area (Å²) in [5.74, 6) is -2.95. The molecule has 7 heteroatoms. The van der Waals surface area contributed by atoms with E-state index in [0.29, 0.717) is 26.1 Å². The Balaban J connectivity index is 1.32. The number of unbranched alkanes of at least 4 members (excludes halogenated alkanes) is 4. The van der Waals surface area contributed by atoms with Gasteiger partial charge in [-0.3, -0.25) is 4.74 Å². The molecular formula is C26H36F2N2O3. The van der Waals surface area contributed by atoms with Crippen molar-refractivity contribution >= 4 is 0 Å². The number of hydrogen-bond acceptors (Lipinski definition) is 5. The minimum absolute atomic E-state index is 0.0517. The lowest BCUT2D eigenvalue weighted by atomic mass is 10.1. The zero-order valence-corrected chi connectivity index (χ0v) is 19.8. The number of ether oxygens (including phenoxy) is 3. The van der Waals surface area contributed by atoms with E-state index in [1.54, 1.807) is 6.92 Å². The van der Waals surface area contributed by atoms with Crippen molar-refractivity contribution in [2.75, 3.05) is 19.8 Å². The Hall–Kier alpha value is -2.12. The van der Waals surface area contributed by atoms with Gasteiger partial charge in [0.15, 0.2) is 5.82 Å². The Kier molecular flexibility index (Phi) is 9.56. The molecule has 0 bridgehead atoms. The third kappa shape index (κ3) is 7.44. The van der Waals surface area contributed by atoms with Gasteiger partial charge in [-0.1, -0.05) is 39.5 Å². The Morgan fingerprint density at radius 1 is 0.879 bits per heavy atom. The van der Waals surface area contributed by atoms with Crippen LogP contribution in [0.2, 0.25) is 0 Å². The van der Waals surface area contributed by atoms with E-state index in [9.17, 15) is 8.78 Å². The summed E-state index contributed by atoms with van der Waals surface area (Å²) in [5.41, 5.74) is 2.04. The topological polar surface area (TPSA) is 56.8 Å². The SMILES string of the molecule is CCCCCCc1ccnc(-c2ccc(OCCCCOC[C@]3(F)O[C@@]3(F)CCC)cc2)n1. The predicted molar refractivity (Wildman–Crippen MR) is 125 cm³/mol. The van der Waals surface area contributed by atoms with Crippen LogP contribution in [-0.2, 0) is 15.9 Å². The van der Waals surface area contributed by atoms with Gasteiger partial charge in [-0.2, -0.15) is 0 Å². The summed E-state index contributed by atoms with van der Waals surface area (Å²) in [6.07, 6.45) is 9.70. The summed E-state index contributed by atoms with van der Waals surface area (Å²) in [6, 6.07) is 9.74.